The molecule has 3 aromatic heterocycles. The van der Waals surface area contributed by atoms with Gasteiger partial charge in [0.25, 0.3) is 0 Å². The maximum atomic E-state index is 14.3. The number of aromatic nitrogens is 4. The normalized spacial score (nSPS) is 20.0. The van der Waals surface area contributed by atoms with Crippen molar-refractivity contribution in [3.63, 3.8) is 0 Å². The van der Waals surface area contributed by atoms with Crippen LogP contribution in [0.5, 0.6) is 5.75 Å². The molecule has 2 saturated heterocycles. The molecule has 0 bridgehead atoms. The van der Waals surface area contributed by atoms with Crippen LogP contribution in [0.4, 0.5) is 5.69 Å². The van der Waals surface area contributed by atoms with Gasteiger partial charge in [-0.3, -0.25) is 9.59 Å². The lowest BCUT2D eigenvalue weighted by Crippen LogP contribution is -2.61. The minimum Gasteiger partial charge on any atom is -0.507 e. The number of nitrogens with one attached hydrogen (secondary N) is 1. The number of amides is 2. The molecule has 12 nitrogen and oxygen atoms in total. The van der Waals surface area contributed by atoms with Crippen molar-refractivity contribution in [2.24, 2.45) is 11.3 Å². The van der Waals surface area contributed by atoms with Gasteiger partial charge in [-0.15, -0.1) is 21.5 Å². The van der Waals surface area contributed by atoms with Gasteiger partial charge in [0.2, 0.25) is 11.8 Å². The van der Waals surface area contributed by atoms with Gasteiger partial charge in [0, 0.05) is 60.1 Å². The second kappa shape index (κ2) is 14.9. The van der Waals surface area contributed by atoms with E-state index in [1.54, 1.807) is 23.5 Å². The Kier molecular flexibility index (Phi) is 9.76. The van der Waals surface area contributed by atoms with E-state index >= 15 is 0 Å². The van der Waals surface area contributed by atoms with E-state index in [-0.39, 0.29) is 53.8 Å². The van der Waals surface area contributed by atoms with Crippen LogP contribution in [0.1, 0.15) is 80.6 Å². The summed E-state index contributed by atoms with van der Waals surface area (Å²) in [5.41, 5.74) is 9.13. The number of benzene rings is 3. The number of carbonyl (C=O) groups is 2. The third kappa shape index (κ3) is 7.00. The molecule has 9 rings (SSSR count). The van der Waals surface area contributed by atoms with E-state index in [0.717, 1.165) is 69.9 Å². The van der Waals surface area contributed by atoms with Crippen molar-refractivity contribution in [3.05, 3.63) is 107 Å². The first kappa shape index (κ1) is 37.9. The summed E-state index contributed by atoms with van der Waals surface area (Å²) in [6.45, 7) is 9.82. The zero-order valence-electron chi connectivity index (χ0n) is 33.0. The van der Waals surface area contributed by atoms with Crippen molar-refractivity contribution in [1.82, 2.24) is 30.6 Å². The Labute approximate surface area is 340 Å². The molecular formula is C45H47N7O5S. The summed E-state index contributed by atoms with van der Waals surface area (Å²) in [4.78, 5) is 37.4. The number of phenolic OH excluding ortho intramolecular Hbond substituents is 1. The number of hydrogen-bond acceptors (Lipinski definition) is 11. The molecule has 13 heteroatoms. The predicted octanol–water partition coefficient (Wildman–Crippen LogP) is 7.39. The lowest BCUT2D eigenvalue weighted by Gasteiger charge is -2.59. The van der Waals surface area contributed by atoms with Gasteiger partial charge in [-0.05, 0) is 80.1 Å². The number of anilines is 1. The van der Waals surface area contributed by atoms with Gasteiger partial charge in [0.05, 0.1) is 45.1 Å². The highest BCUT2D eigenvalue weighted by Gasteiger charge is 2.54. The zero-order valence-corrected chi connectivity index (χ0v) is 33.8. The van der Waals surface area contributed by atoms with Crippen LogP contribution in [-0.2, 0) is 9.59 Å². The van der Waals surface area contributed by atoms with Crippen molar-refractivity contribution in [2.75, 3.05) is 24.5 Å². The number of aryl methyl sites for hydroxylation is 1. The van der Waals surface area contributed by atoms with Gasteiger partial charge < -0.3 is 29.9 Å². The topological polar surface area (TPSA) is 158 Å². The van der Waals surface area contributed by atoms with Gasteiger partial charge in [-0.1, -0.05) is 55.4 Å². The molecule has 4 atom stereocenters. The SMILES string of the molecule is Cc1ncsc1-c1ccc([C@H](C)NC(=O)C2CC(O)CN2C(=O)[C@@H](c2cc(C3CC4(C3)CN(c3ccc5nnc(-c6ccccc6O)cc5c3)C4)no2)C(C)C)cc1. The van der Waals surface area contributed by atoms with Crippen LogP contribution in [0.25, 0.3) is 32.6 Å². The summed E-state index contributed by atoms with van der Waals surface area (Å²) in [5, 5.41) is 38.3. The number of nitrogens with zero attached hydrogens (tertiary/aromatic N) is 6. The third-order valence-electron chi connectivity index (χ3n) is 12.4. The molecule has 5 heterocycles. The first-order valence-electron chi connectivity index (χ1n) is 20.0. The van der Waals surface area contributed by atoms with Gasteiger partial charge in [-0.25, -0.2) is 4.98 Å². The number of carbonyl (C=O) groups excluding carboxylic acids is 2. The number of aromatic hydroxyl groups is 1. The summed E-state index contributed by atoms with van der Waals surface area (Å²) < 4.78 is 5.91. The highest BCUT2D eigenvalue weighted by atomic mass is 32.1. The third-order valence-corrected chi connectivity index (χ3v) is 13.3. The number of aliphatic hydroxyl groups excluding tert-OH is 1. The standard InChI is InChI=1S/C45H47N7O5S/c1-25(2)41(44(56)52-21-33(53)17-38(52)43(55)47-26(3)28-9-11-29(12-10-28)42-27(4)46-24-58-42)40-18-36(50-57-40)31-19-45(20-31)22-51(23-45)32-13-14-35-30(15-32)16-37(49-48-35)34-7-5-6-8-39(34)54/h5-16,18,24-26,31,33,38,41,53-54H,17,19-23H2,1-4H3,(H,47,55)/t26-,33?,38?,41+/m0/s1. The molecule has 1 spiro atoms. The molecule has 3 aliphatic rings. The number of hydrogen-bond donors (Lipinski definition) is 3. The molecule has 3 N–H and O–H groups in total. The van der Waals surface area contributed by atoms with E-state index in [1.165, 1.54) is 4.90 Å². The fraction of sp³-hybridized carbons (Fsp3) is 0.378. The predicted molar refractivity (Wildman–Crippen MR) is 222 cm³/mol. The van der Waals surface area contributed by atoms with Crippen LogP contribution in [0.15, 0.2) is 88.9 Å². The Bertz CT molecular complexity index is 2480. The highest BCUT2D eigenvalue weighted by Crippen LogP contribution is 2.57. The molecule has 0 radical (unpaired) electrons. The van der Waals surface area contributed by atoms with Crippen molar-refractivity contribution in [2.45, 2.75) is 77.0 Å². The summed E-state index contributed by atoms with van der Waals surface area (Å²) in [6, 6.07) is 24.3. The second-order valence-corrected chi connectivity index (χ2v) is 17.7. The van der Waals surface area contributed by atoms with E-state index in [9.17, 15) is 19.8 Å². The van der Waals surface area contributed by atoms with Crippen molar-refractivity contribution < 1.29 is 24.3 Å². The molecule has 6 aromatic rings. The van der Waals surface area contributed by atoms with Gasteiger partial charge in [-0.2, -0.15) is 0 Å². The fourth-order valence-electron chi connectivity index (χ4n) is 9.21. The molecule has 3 fully saturated rings. The molecule has 58 heavy (non-hydrogen) atoms. The molecule has 2 aliphatic heterocycles. The highest BCUT2D eigenvalue weighted by molar-refractivity contribution is 7.13. The van der Waals surface area contributed by atoms with Crippen LogP contribution >= 0.6 is 11.3 Å². The monoisotopic (exact) mass is 797 g/mol. The van der Waals surface area contributed by atoms with Gasteiger partial charge in [0.1, 0.15) is 23.5 Å². The number of fused-ring (bicyclic) bond motifs is 1. The fourth-order valence-corrected chi connectivity index (χ4v) is 10.0. The minimum atomic E-state index is -0.798. The van der Waals surface area contributed by atoms with Crippen LogP contribution in [0.2, 0.25) is 0 Å². The van der Waals surface area contributed by atoms with Gasteiger partial charge >= 0.3 is 0 Å². The van der Waals surface area contributed by atoms with E-state index in [2.05, 4.69) is 42.7 Å². The first-order valence-corrected chi connectivity index (χ1v) is 20.9. The van der Waals surface area contributed by atoms with E-state index in [4.69, 9.17) is 4.52 Å². The number of β-amino-alcohol motifs (C(OH)–C–C–N with tert-alkyl or cyclic N) is 1. The smallest absolute Gasteiger partial charge is 0.243 e. The average Bonchev–Trinajstić information content (AvgIpc) is 3.94. The van der Waals surface area contributed by atoms with E-state index < -0.39 is 18.1 Å². The summed E-state index contributed by atoms with van der Waals surface area (Å²) in [5.74, 6) is -0.370. The first-order chi connectivity index (χ1) is 27.9. The Morgan fingerprint density at radius 3 is 2.48 bits per heavy atom. The van der Waals surface area contributed by atoms with Crippen molar-refractivity contribution in [3.8, 4) is 27.4 Å². The van der Waals surface area contributed by atoms with E-state index in [1.807, 2.05) is 87.8 Å². The average molecular weight is 798 g/mol. The molecule has 298 valence electrons. The summed E-state index contributed by atoms with van der Waals surface area (Å²) in [6.07, 6.45) is 1.35. The minimum absolute atomic E-state index is 0.0858. The molecule has 2 amide bonds. The maximum absolute atomic E-state index is 14.3. The number of rotatable bonds is 10. The number of likely N-dealkylation sites (tertiary alicyclic amines) is 1. The molecule has 1 aliphatic carbocycles. The molecule has 2 unspecified atom stereocenters. The molecule has 3 aromatic carbocycles. The van der Waals surface area contributed by atoms with E-state index in [0.29, 0.717) is 17.0 Å². The Hall–Kier alpha value is -5.66. The second-order valence-electron chi connectivity index (χ2n) is 16.8. The number of thiazole rings is 1. The van der Waals surface area contributed by atoms with Crippen molar-refractivity contribution in [1.29, 1.82) is 0 Å². The van der Waals surface area contributed by atoms with Gasteiger partial charge in [0.15, 0.2) is 0 Å². The summed E-state index contributed by atoms with van der Waals surface area (Å²) in [7, 11) is 0. The lowest BCUT2D eigenvalue weighted by atomic mass is 9.57. The molecule has 1 saturated carbocycles. The number of phenols is 1. The molecular weight excluding hydrogens is 751 g/mol. The van der Waals surface area contributed by atoms with Crippen LogP contribution in [-0.4, -0.2) is 79.0 Å². The van der Waals surface area contributed by atoms with Crippen molar-refractivity contribution >= 4 is 39.7 Å². The zero-order chi connectivity index (χ0) is 40.3. The van der Waals surface area contributed by atoms with Crippen LogP contribution < -0.4 is 10.2 Å². The lowest BCUT2D eigenvalue weighted by molar-refractivity contribution is -0.141. The largest absolute Gasteiger partial charge is 0.507 e. The summed E-state index contributed by atoms with van der Waals surface area (Å²) >= 11 is 1.60. The number of aliphatic hydroxyl groups is 1. The Balaban J connectivity index is 0.825. The Morgan fingerprint density at radius 2 is 1.76 bits per heavy atom. The maximum Gasteiger partial charge on any atom is 0.243 e. The number of para-hydroxylation sites is 1. The Morgan fingerprint density at radius 1 is 0.983 bits per heavy atom. The van der Waals surface area contributed by atoms with Crippen LogP contribution in [0, 0.1) is 18.3 Å². The quantitative estimate of drug-likeness (QED) is 0.128. The van der Waals surface area contributed by atoms with Crippen LogP contribution in [0.3, 0.4) is 0 Å².